The van der Waals surface area contributed by atoms with Gasteiger partial charge in [-0.1, -0.05) is 12.8 Å². The number of hydrogen-bond acceptors (Lipinski definition) is 7. The monoisotopic (exact) mass is 421 g/mol. The van der Waals surface area contributed by atoms with Gasteiger partial charge in [0.2, 0.25) is 0 Å². The van der Waals surface area contributed by atoms with Gasteiger partial charge in [-0.25, -0.2) is 4.98 Å². The molecule has 3 aromatic rings. The highest BCUT2D eigenvalue weighted by atomic mass is 16.5. The summed E-state index contributed by atoms with van der Waals surface area (Å²) >= 11 is 0. The Kier molecular flexibility index (Phi) is 5.19. The van der Waals surface area contributed by atoms with Crippen molar-refractivity contribution in [2.75, 3.05) is 31.1 Å². The lowest BCUT2D eigenvalue weighted by atomic mass is 10.1. The van der Waals surface area contributed by atoms with Crippen LogP contribution in [0.15, 0.2) is 40.4 Å². The van der Waals surface area contributed by atoms with Gasteiger partial charge < -0.3 is 15.4 Å². The number of piperazine rings is 1. The van der Waals surface area contributed by atoms with E-state index >= 15 is 0 Å². The van der Waals surface area contributed by atoms with Gasteiger partial charge in [0.15, 0.2) is 5.49 Å². The Balaban J connectivity index is 1.57. The van der Waals surface area contributed by atoms with Gasteiger partial charge in [0.1, 0.15) is 5.65 Å². The molecule has 0 atom stereocenters. The third kappa shape index (κ3) is 3.81. The Morgan fingerprint density at radius 2 is 1.97 bits per heavy atom. The van der Waals surface area contributed by atoms with Crippen LogP contribution in [0.3, 0.4) is 0 Å². The van der Waals surface area contributed by atoms with Crippen LogP contribution in [0.4, 0.5) is 11.6 Å². The Labute approximate surface area is 179 Å². The van der Waals surface area contributed by atoms with E-state index in [-0.39, 0.29) is 17.5 Å². The molecule has 1 saturated heterocycles. The predicted molar refractivity (Wildman–Crippen MR) is 118 cm³/mol. The maximum Gasteiger partial charge on any atom is 0.253 e. The quantitative estimate of drug-likeness (QED) is 0.627. The fourth-order valence-electron chi connectivity index (χ4n) is 4.60. The van der Waals surface area contributed by atoms with Gasteiger partial charge in [-0.05, 0) is 37.5 Å². The third-order valence-corrected chi connectivity index (χ3v) is 6.27. The Morgan fingerprint density at radius 3 is 2.71 bits per heavy atom. The number of aromatic nitrogens is 4. The summed E-state index contributed by atoms with van der Waals surface area (Å²) in [5, 5.41) is 14.7. The second kappa shape index (κ2) is 8.14. The number of rotatable bonds is 3. The molecule has 5 rings (SSSR count). The van der Waals surface area contributed by atoms with Crippen molar-refractivity contribution in [1.29, 1.82) is 0 Å². The molecule has 162 valence electrons. The first-order valence-electron chi connectivity index (χ1n) is 10.9. The molecule has 4 heterocycles. The Hall–Kier alpha value is -3.20. The van der Waals surface area contributed by atoms with Crippen molar-refractivity contribution in [3.63, 3.8) is 0 Å². The van der Waals surface area contributed by atoms with Crippen LogP contribution in [0, 0.1) is 6.92 Å². The van der Waals surface area contributed by atoms with Gasteiger partial charge in [0.25, 0.3) is 11.5 Å². The lowest BCUT2D eigenvalue weighted by Gasteiger charge is -2.29. The van der Waals surface area contributed by atoms with Crippen molar-refractivity contribution in [2.24, 2.45) is 4.99 Å². The number of anilines is 1. The van der Waals surface area contributed by atoms with E-state index in [4.69, 9.17) is 0 Å². The van der Waals surface area contributed by atoms with Crippen molar-refractivity contribution >= 4 is 22.7 Å². The summed E-state index contributed by atoms with van der Waals surface area (Å²) in [5.41, 5.74) is 2.72. The van der Waals surface area contributed by atoms with E-state index in [1.54, 1.807) is 29.1 Å². The molecule has 0 radical (unpaired) electrons. The van der Waals surface area contributed by atoms with Crippen LogP contribution in [0.2, 0.25) is 0 Å². The molecular weight excluding hydrogens is 394 g/mol. The molecule has 2 N–H and O–H groups in total. The molecule has 0 spiro atoms. The molecule has 1 saturated carbocycles. The first kappa shape index (κ1) is 19.7. The van der Waals surface area contributed by atoms with Crippen LogP contribution in [-0.2, 0) is 0 Å². The largest absolute Gasteiger partial charge is 0.427 e. The summed E-state index contributed by atoms with van der Waals surface area (Å²) in [5.74, 6) is 0.224. The fraction of sp³-hybridized carbons (Fsp3) is 0.455. The molecule has 1 aliphatic carbocycles. The average molecular weight is 422 g/mol. The van der Waals surface area contributed by atoms with Gasteiger partial charge in [-0.2, -0.15) is 14.7 Å². The molecule has 31 heavy (non-hydrogen) atoms. The van der Waals surface area contributed by atoms with Crippen molar-refractivity contribution in [3.05, 3.63) is 52.0 Å². The van der Waals surface area contributed by atoms with Crippen molar-refractivity contribution in [3.8, 4) is 0 Å². The van der Waals surface area contributed by atoms with Crippen LogP contribution in [0.1, 0.15) is 37.3 Å². The van der Waals surface area contributed by atoms with Crippen LogP contribution >= 0.6 is 0 Å². The summed E-state index contributed by atoms with van der Waals surface area (Å²) in [6.07, 6.45) is 7.59. The number of nitrogens with one attached hydrogen (secondary N) is 1. The third-order valence-electron chi connectivity index (χ3n) is 6.27. The molecule has 0 unspecified atom stereocenters. The number of nitrogens with zero attached hydrogens (tertiary/aromatic N) is 6. The van der Waals surface area contributed by atoms with Gasteiger partial charge in [0.05, 0.1) is 11.9 Å². The molecule has 0 aromatic carbocycles. The van der Waals surface area contributed by atoms with E-state index in [0.29, 0.717) is 11.1 Å². The smallest absolute Gasteiger partial charge is 0.253 e. The molecule has 0 bridgehead atoms. The molecule has 3 aromatic heterocycles. The first-order valence-corrected chi connectivity index (χ1v) is 10.9. The summed E-state index contributed by atoms with van der Waals surface area (Å²) in [7, 11) is 0. The van der Waals surface area contributed by atoms with Gasteiger partial charge in [-0.15, -0.1) is 0 Å². The molecule has 9 heteroatoms. The Morgan fingerprint density at radius 1 is 1.19 bits per heavy atom. The molecule has 2 aliphatic rings. The highest BCUT2D eigenvalue weighted by Crippen LogP contribution is 2.31. The van der Waals surface area contributed by atoms with E-state index in [9.17, 15) is 10.0 Å². The van der Waals surface area contributed by atoms with Crippen LogP contribution in [-0.4, -0.2) is 50.7 Å². The van der Waals surface area contributed by atoms with Gasteiger partial charge in [0, 0.05) is 49.9 Å². The SMILES string of the molecule is Cc1cc(=O)n(C2CCCC2)c2nc(/N=c3/ccc(N4CCNCC4)cn3O)ncc12. The van der Waals surface area contributed by atoms with E-state index in [1.165, 1.54) is 0 Å². The predicted octanol–water partition coefficient (Wildman–Crippen LogP) is 1.90. The maximum absolute atomic E-state index is 12.8. The summed E-state index contributed by atoms with van der Waals surface area (Å²) in [6.45, 7) is 5.53. The van der Waals surface area contributed by atoms with E-state index < -0.39 is 0 Å². The lowest BCUT2D eigenvalue weighted by Crippen LogP contribution is -2.43. The first-order chi connectivity index (χ1) is 15.1. The zero-order valence-electron chi connectivity index (χ0n) is 17.7. The normalized spacial score (nSPS) is 18.2. The van der Waals surface area contributed by atoms with Crippen LogP contribution in [0.5, 0.6) is 0 Å². The minimum Gasteiger partial charge on any atom is -0.427 e. The van der Waals surface area contributed by atoms with E-state index in [2.05, 4.69) is 25.2 Å². The van der Waals surface area contributed by atoms with Gasteiger partial charge >= 0.3 is 0 Å². The second-order valence-electron chi connectivity index (χ2n) is 8.32. The van der Waals surface area contributed by atoms with Gasteiger partial charge in [-0.3, -0.25) is 9.36 Å². The summed E-state index contributed by atoms with van der Waals surface area (Å²) in [6, 6.07) is 5.53. The van der Waals surface area contributed by atoms with Crippen molar-refractivity contribution in [2.45, 2.75) is 38.6 Å². The number of pyridine rings is 2. The van der Waals surface area contributed by atoms with Crippen LogP contribution in [0.25, 0.3) is 11.0 Å². The fourth-order valence-corrected chi connectivity index (χ4v) is 4.60. The van der Waals surface area contributed by atoms with Crippen LogP contribution < -0.4 is 21.3 Å². The second-order valence-corrected chi connectivity index (χ2v) is 8.32. The summed E-state index contributed by atoms with van der Waals surface area (Å²) < 4.78 is 2.81. The Bertz CT molecular complexity index is 1230. The maximum atomic E-state index is 12.8. The zero-order chi connectivity index (χ0) is 21.4. The molecule has 1 aliphatic heterocycles. The minimum absolute atomic E-state index is 0.0286. The average Bonchev–Trinajstić information content (AvgIpc) is 3.30. The number of hydrogen-bond donors (Lipinski definition) is 2. The van der Waals surface area contributed by atoms with E-state index in [0.717, 1.165) is 73.2 Å². The molecule has 2 fully saturated rings. The topological polar surface area (TPSA) is 101 Å². The van der Waals surface area contributed by atoms with Crippen molar-refractivity contribution < 1.29 is 5.21 Å². The number of fused-ring (bicyclic) bond motifs is 1. The molecule has 9 nitrogen and oxygen atoms in total. The standard InChI is InChI=1S/C22H27N7O2/c1-15-12-20(30)29(16-4-2-3-5-16)21-18(15)13-24-22(26-21)25-19-7-6-17(14-28(19)31)27-10-8-23-9-11-27/h6-7,12-14,16,23,31H,2-5,8-11H2,1H3/b25-19-. The lowest BCUT2D eigenvalue weighted by molar-refractivity contribution is 0.172. The highest BCUT2D eigenvalue weighted by Gasteiger charge is 2.21. The van der Waals surface area contributed by atoms with E-state index in [1.807, 2.05) is 13.0 Å². The molecule has 0 amide bonds. The summed E-state index contributed by atoms with van der Waals surface area (Å²) in [4.78, 5) is 28.4. The highest BCUT2D eigenvalue weighted by molar-refractivity contribution is 5.78. The van der Waals surface area contributed by atoms with Crippen molar-refractivity contribution in [1.82, 2.24) is 24.6 Å². The molecular formula is C22H27N7O2. The number of aryl methyl sites for hydroxylation is 1. The zero-order valence-corrected chi connectivity index (χ0v) is 17.7. The minimum atomic E-state index is -0.0286.